The van der Waals surface area contributed by atoms with Crippen molar-refractivity contribution in [2.45, 2.75) is 6.61 Å². The first kappa shape index (κ1) is 19.9. The maximum absolute atomic E-state index is 12.8. The van der Waals surface area contributed by atoms with Crippen LogP contribution in [0.4, 0.5) is 4.39 Å². The molecule has 0 spiro atoms. The molecule has 0 aromatic heterocycles. The zero-order chi connectivity index (χ0) is 20.5. The SMILES string of the molecule is O=C(COc1ccc(OCc2ccccc2)cc1)NNC(=O)c1ccc(F)cc1. The molecule has 0 bridgehead atoms. The first-order valence-corrected chi connectivity index (χ1v) is 8.84. The highest BCUT2D eigenvalue weighted by Crippen LogP contribution is 2.18. The van der Waals surface area contributed by atoms with Gasteiger partial charge in [0, 0.05) is 5.56 Å². The van der Waals surface area contributed by atoms with E-state index in [0.717, 1.165) is 17.7 Å². The van der Waals surface area contributed by atoms with Crippen LogP contribution in [0.3, 0.4) is 0 Å². The van der Waals surface area contributed by atoms with Crippen molar-refractivity contribution in [3.8, 4) is 11.5 Å². The molecule has 0 aliphatic heterocycles. The third kappa shape index (κ3) is 6.35. The monoisotopic (exact) mass is 394 g/mol. The summed E-state index contributed by atoms with van der Waals surface area (Å²) >= 11 is 0. The summed E-state index contributed by atoms with van der Waals surface area (Å²) in [6.07, 6.45) is 0. The van der Waals surface area contributed by atoms with E-state index in [4.69, 9.17) is 9.47 Å². The summed E-state index contributed by atoms with van der Waals surface area (Å²) in [4.78, 5) is 23.6. The van der Waals surface area contributed by atoms with Crippen LogP contribution < -0.4 is 20.3 Å². The van der Waals surface area contributed by atoms with E-state index in [1.165, 1.54) is 12.1 Å². The van der Waals surface area contributed by atoms with Gasteiger partial charge in [-0.1, -0.05) is 30.3 Å². The topological polar surface area (TPSA) is 76.7 Å². The lowest BCUT2D eigenvalue weighted by molar-refractivity contribution is -0.123. The van der Waals surface area contributed by atoms with Crippen molar-refractivity contribution in [1.29, 1.82) is 0 Å². The minimum atomic E-state index is -0.557. The predicted molar refractivity (Wildman–Crippen MR) is 105 cm³/mol. The maximum atomic E-state index is 12.8. The van der Waals surface area contributed by atoms with Gasteiger partial charge in [0.15, 0.2) is 6.61 Å². The summed E-state index contributed by atoms with van der Waals surface area (Å²) in [7, 11) is 0. The zero-order valence-electron chi connectivity index (χ0n) is 15.4. The van der Waals surface area contributed by atoms with Crippen LogP contribution in [-0.2, 0) is 11.4 Å². The molecule has 0 fully saturated rings. The van der Waals surface area contributed by atoms with Crippen LogP contribution in [0, 0.1) is 5.82 Å². The molecule has 148 valence electrons. The fraction of sp³-hybridized carbons (Fsp3) is 0.0909. The second kappa shape index (κ2) is 9.89. The Morgan fingerprint density at radius 1 is 0.759 bits per heavy atom. The van der Waals surface area contributed by atoms with Crippen LogP contribution in [0.25, 0.3) is 0 Å². The average molecular weight is 394 g/mol. The second-order valence-corrected chi connectivity index (χ2v) is 6.04. The first-order valence-electron chi connectivity index (χ1n) is 8.84. The summed E-state index contributed by atoms with van der Waals surface area (Å²) in [6, 6.07) is 21.6. The Balaban J connectivity index is 1.39. The van der Waals surface area contributed by atoms with Crippen molar-refractivity contribution in [2.75, 3.05) is 6.61 Å². The number of benzene rings is 3. The molecule has 0 atom stereocenters. The van der Waals surface area contributed by atoms with Crippen LogP contribution in [-0.4, -0.2) is 18.4 Å². The van der Waals surface area contributed by atoms with E-state index in [1.54, 1.807) is 24.3 Å². The number of ether oxygens (including phenoxy) is 2. The minimum Gasteiger partial charge on any atom is -0.489 e. The molecule has 3 rings (SSSR count). The van der Waals surface area contributed by atoms with Gasteiger partial charge in [0.2, 0.25) is 0 Å². The van der Waals surface area contributed by atoms with Gasteiger partial charge in [0.25, 0.3) is 11.8 Å². The lowest BCUT2D eigenvalue weighted by atomic mass is 10.2. The Morgan fingerprint density at radius 2 is 1.38 bits per heavy atom. The Hall–Kier alpha value is -3.87. The molecular weight excluding hydrogens is 375 g/mol. The average Bonchev–Trinajstić information content (AvgIpc) is 2.76. The van der Waals surface area contributed by atoms with Gasteiger partial charge in [-0.15, -0.1) is 0 Å². The largest absolute Gasteiger partial charge is 0.489 e. The quantitative estimate of drug-likeness (QED) is 0.603. The van der Waals surface area contributed by atoms with Gasteiger partial charge in [-0.2, -0.15) is 0 Å². The Morgan fingerprint density at radius 3 is 2.03 bits per heavy atom. The first-order chi connectivity index (χ1) is 14.1. The standard InChI is InChI=1S/C22H19FN2O4/c23-18-8-6-17(7-9-18)22(27)25-24-21(26)15-29-20-12-10-19(11-13-20)28-14-16-4-2-1-3-5-16/h1-13H,14-15H2,(H,24,26)(H,25,27). The molecule has 0 heterocycles. The number of halogens is 1. The van der Waals surface area contributed by atoms with Crippen LogP contribution in [0.5, 0.6) is 11.5 Å². The van der Waals surface area contributed by atoms with Crippen molar-refractivity contribution in [1.82, 2.24) is 10.9 Å². The number of carbonyl (C=O) groups is 2. The highest BCUT2D eigenvalue weighted by Gasteiger charge is 2.08. The van der Waals surface area contributed by atoms with Gasteiger partial charge in [0.05, 0.1) is 0 Å². The molecule has 2 amide bonds. The number of amides is 2. The number of nitrogens with one attached hydrogen (secondary N) is 2. The summed E-state index contributed by atoms with van der Waals surface area (Å²) in [6.45, 7) is 0.172. The fourth-order valence-corrected chi connectivity index (χ4v) is 2.36. The van der Waals surface area contributed by atoms with Crippen molar-refractivity contribution >= 4 is 11.8 Å². The van der Waals surface area contributed by atoms with Crippen molar-refractivity contribution in [3.63, 3.8) is 0 Å². The van der Waals surface area contributed by atoms with Crippen molar-refractivity contribution < 1.29 is 23.5 Å². The highest BCUT2D eigenvalue weighted by atomic mass is 19.1. The molecule has 3 aromatic rings. The van der Waals surface area contributed by atoms with E-state index >= 15 is 0 Å². The molecule has 0 saturated heterocycles. The summed E-state index contributed by atoms with van der Waals surface area (Å²) in [5, 5.41) is 0. The van der Waals surface area contributed by atoms with Crippen molar-refractivity contribution in [2.24, 2.45) is 0 Å². The molecule has 0 radical (unpaired) electrons. The van der Waals surface area contributed by atoms with Gasteiger partial charge < -0.3 is 9.47 Å². The number of hydrogen-bond donors (Lipinski definition) is 2. The molecule has 0 aliphatic rings. The maximum Gasteiger partial charge on any atom is 0.276 e. The van der Waals surface area contributed by atoms with Crippen LogP contribution in [0.2, 0.25) is 0 Å². The third-order valence-electron chi connectivity index (χ3n) is 3.86. The van der Waals surface area contributed by atoms with Gasteiger partial charge in [-0.3, -0.25) is 20.4 Å². The van der Waals surface area contributed by atoms with Gasteiger partial charge >= 0.3 is 0 Å². The molecule has 29 heavy (non-hydrogen) atoms. The normalized spacial score (nSPS) is 10.1. The number of rotatable bonds is 7. The third-order valence-corrected chi connectivity index (χ3v) is 3.86. The Bertz CT molecular complexity index is 945. The summed E-state index contributed by atoms with van der Waals surface area (Å²) < 4.78 is 23.9. The number of carbonyl (C=O) groups excluding carboxylic acids is 2. The van der Waals surface area contributed by atoms with E-state index in [-0.39, 0.29) is 12.2 Å². The molecule has 0 aliphatic carbocycles. The molecule has 2 N–H and O–H groups in total. The molecule has 0 unspecified atom stereocenters. The van der Waals surface area contributed by atoms with Crippen LogP contribution in [0.1, 0.15) is 15.9 Å². The number of hydrazine groups is 1. The molecule has 3 aromatic carbocycles. The lowest BCUT2D eigenvalue weighted by Gasteiger charge is -2.10. The minimum absolute atomic E-state index is 0.221. The van der Waals surface area contributed by atoms with Crippen molar-refractivity contribution in [3.05, 3.63) is 95.8 Å². The van der Waals surface area contributed by atoms with E-state index in [0.29, 0.717) is 18.1 Å². The summed E-state index contributed by atoms with van der Waals surface area (Å²) in [5.41, 5.74) is 5.75. The van der Waals surface area contributed by atoms with Crippen LogP contribution >= 0.6 is 0 Å². The predicted octanol–water partition coefficient (Wildman–Crippen LogP) is 3.24. The van der Waals surface area contributed by atoms with Gasteiger partial charge in [0.1, 0.15) is 23.9 Å². The molecule has 7 heteroatoms. The van der Waals surface area contributed by atoms with Gasteiger partial charge in [-0.05, 0) is 54.1 Å². The number of hydrogen-bond acceptors (Lipinski definition) is 4. The van der Waals surface area contributed by atoms with E-state index in [9.17, 15) is 14.0 Å². The summed E-state index contributed by atoms with van der Waals surface area (Å²) in [5.74, 6) is -0.382. The zero-order valence-corrected chi connectivity index (χ0v) is 15.4. The van der Waals surface area contributed by atoms with E-state index in [2.05, 4.69) is 10.9 Å². The fourth-order valence-electron chi connectivity index (χ4n) is 2.36. The van der Waals surface area contributed by atoms with Gasteiger partial charge in [-0.25, -0.2) is 4.39 Å². The molecule has 6 nitrogen and oxygen atoms in total. The Kier molecular flexibility index (Phi) is 6.78. The van der Waals surface area contributed by atoms with Crippen LogP contribution in [0.15, 0.2) is 78.9 Å². The van der Waals surface area contributed by atoms with E-state index in [1.807, 2.05) is 30.3 Å². The Labute approximate surface area is 167 Å². The highest BCUT2D eigenvalue weighted by molar-refractivity contribution is 5.95. The molecular formula is C22H19FN2O4. The second-order valence-electron chi connectivity index (χ2n) is 6.04. The molecule has 0 saturated carbocycles. The smallest absolute Gasteiger partial charge is 0.276 e. The lowest BCUT2D eigenvalue weighted by Crippen LogP contribution is -2.43. The van der Waals surface area contributed by atoms with E-state index < -0.39 is 17.6 Å².